The molecular weight excluding hydrogens is 252 g/mol. The lowest BCUT2D eigenvalue weighted by molar-refractivity contribution is 0.413. The van der Waals surface area contributed by atoms with Crippen molar-refractivity contribution in [2.75, 3.05) is 20.8 Å². The first-order valence-electron chi connectivity index (χ1n) is 6.65. The Morgan fingerprint density at radius 1 is 1.05 bits per heavy atom. The minimum Gasteiger partial charge on any atom is -0.497 e. The summed E-state index contributed by atoms with van der Waals surface area (Å²) in [5.74, 6) is 1.62. The molecule has 0 radical (unpaired) electrons. The Bertz CT molecular complexity index is 570. The maximum absolute atomic E-state index is 5.30. The predicted molar refractivity (Wildman–Crippen MR) is 80.2 cm³/mol. The molecule has 1 aromatic carbocycles. The van der Waals surface area contributed by atoms with Gasteiger partial charge in [-0.3, -0.25) is 4.98 Å². The molecule has 4 nitrogen and oxygen atoms in total. The molecule has 0 aliphatic heterocycles. The van der Waals surface area contributed by atoms with Crippen molar-refractivity contribution in [1.29, 1.82) is 0 Å². The molecule has 106 valence electrons. The predicted octanol–water partition coefficient (Wildman–Crippen LogP) is 2.88. The molecule has 0 spiro atoms. The highest BCUT2D eigenvalue weighted by Gasteiger charge is 2.08. The number of rotatable bonds is 6. The van der Waals surface area contributed by atoms with Crippen LogP contribution < -0.4 is 14.8 Å². The Labute approximate surface area is 119 Å². The zero-order chi connectivity index (χ0) is 14.4. The first kappa shape index (κ1) is 14.3. The second kappa shape index (κ2) is 6.91. The average molecular weight is 272 g/mol. The van der Waals surface area contributed by atoms with Crippen molar-refractivity contribution in [2.45, 2.75) is 13.5 Å². The summed E-state index contributed by atoms with van der Waals surface area (Å²) < 4.78 is 10.5. The molecular formula is C16H20N2O2. The number of methoxy groups -OCH3 is 2. The normalized spacial score (nSPS) is 10.3. The molecule has 4 heteroatoms. The van der Waals surface area contributed by atoms with E-state index in [0.29, 0.717) is 0 Å². The lowest BCUT2D eigenvalue weighted by Gasteiger charge is -2.12. The second-order valence-electron chi connectivity index (χ2n) is 4.42. The van der Waals surface area contributed by atoms with Crippen LogP contribution in [-0.4, -0.2) is 25.7 Å². The molecule has 0 aliphatic rings. The molecule has 1 aromatic heterocycles. The summed E-state index contributed by atoms with van der Waals surface area (Å²) in [6, 6.07) is 8.06. The van der Waals surface area contributed by atoms with Crippen molar-refractivity contribution < 1.29 is 9.47 Å². The van der Waals surface area contributed by atoms with Gasteiger partial charge >= 0.3 is 0 Å². The molecule has 20 heavy (non-hydrogen) atoms. The topological polar surface area (TPSA) is 43.4 Å². The quantitative estimate of drug-likeness (QED) is 0.878. The highest BCUT2D eigenvalue weighted by atomic mass is 16.5. The summed E-state index contributed by atoms with van der Waals surface area (Å²) in [5.41, 5.74) is 3.36. The summed E-state index contributed by atoms with van der Waals surface area (Å²) in [7, 11) is 3.33. The minimum atomic E-state index is 0.757. The van der Waals surface area contributed by atoms with Gasteiger partial charge in [-0.25, -0.2) is 0 Å². The van der Waals surface area contributed by atoms with Crippen molar-refractivity contribution >= 4 is 0 Å². The number of hydrogen-bond donors (Lipinski definition) is 1. The SMILES string of the molecule is CCNCc1cc(OC)ccc1-c1cncc(OC)c1. The van der Waals surface area contributed by atoms with Crippen LogP contribution in [0.4, 0.5) is 0 Å². The summed E-state index contributed by atoms with van der Waals surface area (Å²) in [4.78, 5) is 4.22. The van der Waals surface area contributed by atoms with Crippen LogP contribution in [0, 0.1) is 0 Å². The van der Waals surface area contributed by atoms with Crippen LogP contribution in [0.5, 0.6) is 11.5 Å². The van der Waals surface area contributed by atoms with Crippen molar-refractivity contribution in [3.63, 3.8) is 0 Å². The highest BCUT2D eigenvalue weighted by molar-refractivity contribution is 5.68. The fraction of sp³-hybridized carbons (Fsp3) is 0.312. The molecule has 1 heterocycles. The van der Waals surface area contributed by atoms with Crippen LogP contribution in [0.2, 0.25) is 0 Å². The average Bonchev–Trinajstić information content (AvgIpc) is 2.52. The number of nitrogens with one attached hydrogen (secondary N) is 1. The van der Waals surface area contributed by atoms with Gasteiger partial charge in [0, 0.05) is 18.3 Å². The molecule has 0 unspecified atom stereocenters. The fourth-order valence-electron chi connectivity index (χ4n) is 2.06. The fourth-order valence-corrected chi connectivity index (χ4v) is 2.06. The Balaban J connectivity index is 2.42. The molecule has 0 bridgehead atoms. The van der Waals surface area contributed by atoms with E-state index in [1.54, 1.807) is 20.4 Å². The molecule has 2 rings (SSSR count). The zero-order valence-electron chi connectivity index (χ0n) is 12.1. The second-order valence-corrected chi connectivity index (χ2v) is 4.42. The lowest BCUT2D eigenvalue weighted by atomic mass is 10.0. The van der Waals surface area contributed by atoms with E-state index in [4.69, 9.17) is 9.47 Å². The molecule has 1 N–H and O–H groups in total. The molecule has 0 saturated carbocycles. The van der Waals surface area contributed by atoms with Crippen LogP contribution in [0.1, 0.15) is 12.5 Å². The van der Waals surface area contributed by atoms with Crippen LogP contribution in [0.25, 0.3) is 11.1 Å². The maximum atomic E-state index is 5.30. The van der Waals surface area contributed by atoms with Crippen LogP contribution in [0.3, 0.4) is 0 Å². The summed E-state index contributed by atoms with van der Waals surface area (Å²) in [5, 5.41) is 3.35. The largest absolute Gasteiger partial charge is 0.497 e. The number of benzene rings is 1. The van der Waals surface area contributed by atoms with E-state index >= 15 is 0 Å². The monoisotopic (exact) mass is 272 g/mol. The van der Waals surface area contributed by atoms with Crippen molar-refractivity contribution in [3.8, 4) is 22.6 Å². The molecule has 0 aliphatic carbocycles. The summed E-state index contributed by atoms with van der Waals surface area (Å²) >= 11 is 0. The van der Waals surface area contributed by atoms with Crippen molar-refractivity contribution in [2.24, 2.45) is 0 Å². The van der Waals surface area contributed by atoms with E-state index in [9.17, 15) is 0 Å². The molecule has 0 amide bonds. The van der Waals surface area contributed by atoms with Gasteiger partial charge in [0.05, 0.1) is 20.4 Å². The zero-order valence-corrected chi connectivity index (χ0v) is 12.1. The molecule has 0 fully saturated rings. The summed E-state index contributed by atoms with van der Waals surface area (Å²) in [6.45, 7) is 3.81. The van der Waals surface area contributed by atoms with E-state index in [-0.39, 0.29) is 0 Å². The third kappa shape index (κ3) is 3.27. The van der Waals surface area contributed by atoms with Gasteiger partial charge in [0.15, 0.2) is 0 Å². The Kier molecular flexibility index (Phi) is 4.96. The third-order valence-corrected chi connectivity index (χ3v) is 3.14. The number of pyridine rings is 1. The lowest BCUT2D eigenvalue weighted by Crippen LogP contribution is -2.12. The van der Waals surface area contributed by atoms with E-state index in [1.165, 1.54) is 5.56 Å². The molecule has 0 atom stereocenters. The highest BCUT2D eigenvalue weighted by Crippen LogP contribution is 2.29. The maximum Gasteiger partial charge on any atom is 0.137 e. The number of ether oxygens (including phenoxy) is 2. The van der Waals surface area contributed by atoms with E-state index in [1.807, 2.05) is 18.3 Å². The Morgan fingerprint density at radius 3 is 2.55 bits per heavy atom. The van der Waals surface area contributed by atoms with Gasteiger partial charge in [-0.15, -0.1) is 0 Å². The van der Waals surface area contributed by atoms with Crippen molar-refractivity contribution in [1.82, 2.24) is 10.3 Å². The minimum absolute atomic E-state index is 0.757. The van der Waals surface area contributed by atoms with E-state index in [0.717, 1.165) is 35.7 Å². The third-order valence-electron chi connectivity index (χ3n) is 3.14. The first-order chi connectivity index (χ1) is 9.78. The van der Waals surface area contributed by atoms with Gasteiger partial charge in [-0.05, 0) is 35.9 Å². The number of hydrogen-bond acceptors (Lipinski definition) is 4. The standard InChI is InChI=1S/C16H20N2O2/c1-4-17-9-12-7-14(19-2)5-6-16(12)13-8-15(20-3)11-18-10-13/h5-8,10-11,17H,4,9H2,1-3H3. The van der Waals surface area contributed by atoms with Gasteiger partial charge in [-0.2, -0.15) is 0 Å². The van der Waals surface area contributed by atoms with Gasteiger partial charge < -0.3 is 14.8 Å². The smallest absolute Gasteiger partial charge is 0.137 e. The number of nitrogens with zero attached hydrogens (tertiary/aromatic N) is 1. The first-order valence-corrected chi connectivity index (χ1v) is 6.65. The van der Waals surface area contributed by atoms with Gasteiger partial charge in [-0.1, -0.05) is 13.0 Å². The van der Waals surface area contributed by atoms with Crippen molar-refractivity contribution in [3.05, 3.63) is 42.2 Å². The van der Waals surface area contributed by atoms with Gasteiger partial charge in [0.25, 0.3) is 0 Å². The molecule has 2 aromatic rings. The van der Waals surface area contributed by atoms with Crippen LogP contribution in [0.15, 0.2) is 36.7 Å². The van der Waals surface area contributed by atoms with Crippen LogP contribution >= 0.6 is 0 Å². The Morgan fingerprint density at radius 2 is 1.85 bits per heavy atom. The Hall–Kier alpha value is -2.07. The summed E-state index contributed by atoms with van der Waals surface area (Å²) in [6.07, 6.45) is 3.55. The van der Waals surface area contributed by atoms with Gasteiger partial charge in [0.1, 0.15) is 11.5 Å². The van der Waals surface area contributed by atoms with E-state index < -0.39 is 0 Å². The van der Waals surface area contributed by atoms with Gasteiger partial charge in [0.2, 0.25) is 0 Å². The van der Waals surface area contributed by atoms with E-state index in [2.05, 4.69) is 29.4 Å². The number of aromatic nitrogens is 1. The molecule has 0 saturated heterocycles. The van der Waals surface area contributed by atoms with Crippen LogP contribution in [-0.2, 0) is 6.54 Å².